The first kappa shape index (κ1) is 16.3. The number of aryl methyl sites for hydroxylation is 2. The van der Waals surface area contributed by atoms with E-state index >= 15 is 0 Å². The normalized spacial score (nSPS) is 19.3. The summed E-state index contributed by atoms with van der Waals surface area (Å²) in [5.74, 6) is -0.391. The van der Waals surface area contributed by atoms with Crippen LogP contribution in [0.1, 0.15) is 31.4 Å². The van der Waals surface area contributed by atoms with Gasteiger partial charge >= 0.3 is 0 Å². The Bertz CT molecular complexity index is 620. The van der Waals surface area contributed by atoms with Crippen molar-refractivity contribution >= 4 is 31.3 Å². The van der Waals surface area contributed by atoms with Gasteiger partial charge in [0.05, 0.1) is 5.75 Å². The van der Waals surface area contributed by atoms with Gasteiger partial charge in [-0.1, -0.05) is 32.0 Å². The summed E-state index contributed by atoms with van der Waals surface area (Å²) < 4.78 is 22.4. The summed E-state index contributed by atoms with van der Waals surface area (Å²) in [7, 11) is 1.74. The van der Waals surface area contributed by atoms with Gasteiger partial charge in [-0.25, -0.2) is 8.42 Å². The highest BCUT2D eigenvalue weighted by molar-refractivity contribution is 8.13. The van der Waals surface area contributed by atoms with Crippen LogP contribution >= 0.6 is 10.7 Å². The van der Waals surface area contributed by atoms with Crippen molar-refractivity contribution in [2.24, 2.45) is 5.92 Å². The molecule has 1 aliphatic rings. The van der Waals surface area contributed by atoms with Crippen LogP contribution in [0.5, 0.6) is 0 Å². The monoisotopic (exact) mass is 329 g/mol. The molecule has 1 aliphatic heterocycles. The van der Waals surface area contributed by atoms with E-state index in [9.17, 15) is 13.2 Å². The Balaban J connectivity index is 2.33. The number of anilines is 1. The minimum Gasteiger partial charge on any atom is -0.312 e. The average molecular weight is 330 g/mol. The molecule has 116 valence electrons. The Morgan fingerprint density at radius 2 is 1.81 bits per heavy atom. The first-order valence-electron chi connectivity index (χ1n) is 7.19. The van der Waals surface area contributed by atoms with E-state index in [0.717, 1.165) is 29.7 Å². The molecular formula is C15H20ClNO3S. The molecule has 0 spiro atoms. The van der Waals surface area contributed by atoms with Gasteiger partial charge in [-0.2, -0.15) is 0 Å². The Kier molecular flexibility index (Phi) is 4.94. The van der Waals surface area contributed by atoms with Crippen LogP contribution in [-0.4, -0.2) is 26.6 Å². The van der Waals surface area contributed by atoms with Crippen LogP contribution in [0.2, 0.25) is 0 Å². The quantitative estimate of drug-likeness (QED) is 0.780. The Hall–Kier alpha value is -1.07. The number of benzene rings is 1. The number of para-hydroxylation sites is 1. The molecule has 0 bridgehead atoms. The number of halogens is 1. The molecule has 1 aromatic carbocycles. The highest BCUT2D eigenvalue weighted by Crippen LogP contribution is 2.33. The summed E-state index contributed by atoms with van der Waals surface area (Å²) in [5, 5.41) is 0. The maximum Gasteiger partial charge on any atom is 0.232 e. The van der Waals surface area contributed by atoms with E-state index < -0.39 is 9.05 Å². The van der Waals surface area contributed by atoms with E-state index in [4.69, 9.17) is 10.7 Å². The smallest absolute Gasteiger partial charge is 0.232 e. The zero-order valence-corrected chi connectivity index (χ0v) is 13.9. The zero-order chi connectivity index (χ0) is 15.6. The molecular weight excluding hydrogens is 310 g/mol. The lowest BCUT2D eigenvalue weighted by Gasteiger charge is -2.23. The van der Waals surface area contributed by atoms with E-state index in [-0.39, 0.29) is 24.0 Å². The second-order valence-corrected chi connectivity index (χ2v) is 8.23. The Morgan fingerprint density at radius 3 is 2.29 bits per heavy atom. The molecule has 1 aromatic rings. The van der Waals surface area contributed by atoms with Gasteiger partial charge in [-0.05, 0) is 24.0 Å². The Morgan fingerprint density at radius 1 is 1.24 bits per heavy atom. The number of rotatable bonds is 5. The lowest BCUT2D eigenvalue weighted by Crippen LogP contribution is -2.27. The van der Waals surface area contributed by atoms with Crippen molar-refractivity contribution in [2.45, 2.75) is 33.1 Å². The predicted octanol–water partition coefficient (Wildman–Crippen LogP) is 2.73. The first-order valence-corrected chi connectivity index (χ1v) is 9.67. The highest BCUT2D eigenvalue weighted by Gasteiger charge is 2.34. The van der Waals surface area contributed by atoms with Gasteiger partial charge in [0, 0.05) is 35.3 Å². The summed E-state index contributed by atoms with van der Waals surface area (Å²) in [4.78, 5) is 14.0. The van der Waals surface area contributed by atoms with E-state index in [1.807, 2.05) is 18.2 Å². The third-order valence-corrected chi connectivity index (χ3v) is 5.12. The van der Waals surface area contributed by atoms with E-state index in [1.165, 1.54) is 0 Å². The molecule has 4 nitrogen and oxygen atoms in total. The predicted molar refractivity (Wildman–Crippen MR) is 85.3 cm³/mol. The van der Waals surface area contributed by atoms with Gasteiger partial charge in [-0.15, -0.1) is 0 Å². The number of nitrogens with zero attached hydrogens (tertiary/aromatic N) is 1. The van der Waals surface area contributed by atoms with Gasteiger partial charge in [0.25, 0.3) is 0 Å². The van der Waals surface area contributed by atoms with Crippen molar-refractivity contribution < 1.29 is 13.2 Å². The molecule has 1 amide bonds. The molecule has 0 aromatic heterocycles. The van der Waals surface area contributed by atoms with Crippen LogP contribution < -0.4 is 4.90 Å². The third kappa shape index (κ3) is 3.77. The topological polar surface area (TPSA) is 54.5 Å². The third-order valence-electron chi connectivity index (χ3n) is 3.87. The fourth-order valence-corrected chi connectivity index (χ4v) is 4.27. The zero-order valence-electron chi connectivity index (χ0n) is 12.3. The highest BCUT2D eigenvalue weighted by atomic mass is 35.7. The number of carbonyl (C=O) groups excluding carboxylic acids is 1. The second-order valence-electron chi connectivity index (χ2n) is 5.41. The lowest BCUT2D eigenvalue weighted by atomic mass is 10.0. The molecule has 0 aliphatic carbocycles. The van der Waals surface area contributed by atoms with Crippen molar-refractivity contribution in [1.29, 1.82) is 0 Å². The van der Waals surface area contributed by atoms with Gasteiger partial charge in [0.1, 0.15) is 0 Å². The molecule has 1 heterocycles. The van der Waals surface area contributed by atoms with Crippen LogP contribution in [0.25, 0.3) is 0 Å². The first-order chi connectivity index (χ1) is 9.85. The molecule has 0 radical (unpaired) electrons. The molecule has 2 rings (SSSR count). The standard InChI is InChI=1S/C15H20ClNO3S/c1-3-12-6-5-7-13(4-2)15(12)17-9-11(8-14(17)18)10-21(16,19)20/h5-7,11H,3-4,8-10H2,1-2H3. The fraction of sp³-hybridized carbons (Fsp3) is 0.533. The summed E-state index contributed by atoms with van der Waals surface area (Å²) in [6.07, 6.45) is 1.92. The molecule has 1 saturated heterocycles. The molecule has 21 heavy (non-hydrogen) atoms. The largest absolute Gasteiger partial charge is 0.312 e. The van der Waals surface area contributed by atoms with Crippen LogP contribution in [0, 0.1) is 5.92 Å². The van der Waals surface area contributed by atoms with Crippen molar-refractivity contribution in [3.05, 3.63) is 29.3 Å². The maximum atomic E-state index is 12.3. The summed E-state index contributed by atoms with van der Waals surface area (Å²) in [6.45, 7) is 4.54. The van der Waals surface area contributed by atoms with Gasteiger partial charge in [0.2, 0.25) is 15.0 Å². The van der Waals surface area contributed by atoms with Crippen molar-refractivity contribution in [3.63, 3.8) is 0 Å². The van der Waals surface area contributed by atoms with Crippen LogP contribution in [0.4, 0.5) is 5.69 Å². The fourth-order valence-electron chi connectivity index (χ4n) is 2.95. The minimum absolute atomic E-state index is 0.0177. The molecule has 6 heteroatoms. The van der Waals surface area contributed by atoms with Gasteiger partial charge in [-0.3, -0.25) is 4.79 Å². The summed E-state index contributed by atoms with van der Waals surface area (Å²) in [6, 6.07) is 6.04. The van der Waals surface area contributed by atoms with Crippen LogP contribution in [-0.2, 0) is 26.7 Å². The SMILES string of the molecule is CCc1cccc(CC)c1N1CC(CS(=O)(=O)Cl)CC1=O. The number of amides is 1. The number of hydrogen-bond acceptors (Lipinski definition) is 3. The molecule has 1 fully saturated rings. The van der Waals surface area contributed by atoms with E-state index in [0.29, 0.717) is 6.54 Å². The summed E-state index contributed by atoms with van der Waals surface area (Å²) in [5.41, 5.74) is 3.20. The Labute approximate surface area is 130 Å². The minimum atomic E-state index is -3.57. The van der Waals surface area contributed by atoms with Gasteiger partial charge in [0.15, 0.2) is 0 Å². The van der Waals surface area contributed by atoms with Crippen molar-refractivity contribution in [2.75, 3.05) is 17.2 Å². The van der Waals surface area contributed by atoms with Crippen LogP contribution in [0.3, 0.4) is 0 Å². The van der Waals surface area contributed by atoms with Crippen LogP contribution in [0.15, 0.2) is 18.2 Å². The van der Waals surface area contributed by atoms with Gasteiger partial charge < -0.3 is 4.90 Å². The second kappa shape index (κ2) is 6.36. The van der Waals surface area contributed by atoms with Crippen molar-refractivity contribution in [3.8, 4) is 0 Å². The van der Waals surface area contributed by atoms with E-state index in [1.54, 1.807) is 4.90 Å². The molecule has 1 unspecified atom stereocenters. The lowest BCUT2D eigenvalue weighted by molar-refractivity contribution is -0.117. The van der Waals surface area contributed by atoms with E-state index in [2.05, 4.69) is 13.8 Å². The molecule has 0 N–H and O–H groups in total. The summed E-state index contributed by atoms with van der Waals surface area (Å²) >= 11 is 0. The maximum absolute atomic E-state index is 12.3. The molecule has 0 saturated carbocycles. The number of carbonyl (C=O) groups is 1. The average Bonchev–Trinajstić information content (AvgIpc) is 2.75. The van der Waals surface area contributed by atoms with Crippen molar-refractivity contribution in [1.82, 2.24) is 0 Å². The molecule has 1 atom stereocenters. The number of hydrogen-bond donors (Lipinski definition) is 0.